The van der Waals surface area contributed by atoms with Crippen LogP contribution in [-0.2, 0) is 31.3 Å². The van der Waals surface area contributed by atoms with Crippen LogP contribution in [0, 0.1) is 0 Å². The molecule has 0 N–H and O–H groups in total. The number of nitrogens with zero attached hydrogens (tertiary/aromatic N) is 2. The highest BCUT2D eigenvalue weighted by Gasteiger charge is 2.46. The van der Waals surface area contributed by atoms with Crippen molar-refractivity contribution >= 4 is 23.3 Å². The minimum absolute atomic E-state index is 0.253. The molecule has 2 heterocycles. The van der Waals surface area contributed by atoms with E-state index in [-0.39, 0.29) is 6.42 Å². The van der Waals surface area contributed by atoms with E-state index in [4.69, 9.17) is 9.47 Å². The number of ether oxygens (including phenoxy) is 2. The van der Waals surface area contributed by atoms with E-state index in [0.29, 0.717) is 5.56 Å². The minimum Gasteiger partial charge on any atom is -0.414 e. The first-order valence-corrected chi connectivity index (χ1v) is 9.72. The van der Waals surface area contributed by atoms with Gasteiger partial charge in [0.05, 0.1) is 17.7 Å². The van der Waals surface area contributed by atoms with E-state index in [9.17, 15) is 9.59 Å². The highest BCUT2D eigenvalue weighted by Crippen LogP contribution is 2.46. The Labute approximate surface area is 170 Å². The molecule has 0 saturated heterocycles. The zero-order valence-electron chi connectivity index (χ0n) is 16.6. The Kier molecular flexibility index (Phi) is 5.11. The van der Waals surface area contributed by atoms with Crippen LogP contribution in [-0.4, -0.2) is 44.0 Å². The van der Waals surface area contributed by atoms with Gasteiger partial charge in [0.25, 0.3) is 5.79 Å². The Balaban J connectivity index is 1.86. The van der Waals surface area contributed by atoms with Gasteiger partial charge in [-0.1, -0.05) is 30.3 Å². The molecule has 0 radical (unpaired) electrons. The SMILES string of the molecule is CN(C)CCCN1c2ccccc2CC2(OC(=O)C=CC(=O)O2)c2ccccc21. The lowest BCUT2D eigenvalue weighted by Crippen LogP contribution is -2.37. The van der Waals surface area contributed by atoms with Crippen LogP contribution < -0.4 is 4.90 Å². The Morgan fingerprint density at radius 1 is 0.931 bits per heavy atom. The maximum absolute atomic E-state index is 12.3. The van der Waals surface area contributed by atoms with Crippen molar-refractivity contribution in [2.75, 3.05) is 32.1 Å². The number of hydrogen-bond donors (Lipinski definition) is 0. The van der Waals surface area contributed by atoms with Crippen molar-refractivity contribution in [3.8, 4) is 0 Å². The zero-order chi connectivity index (χ0) is 20.4. The van der Waals surface area contributed by atoms with Crippen LogP contribution in [0.1, 0.15) is 17.5 Å². The molecule has 0 fully saturated rings. The molecule has 2 aliphatic heterocycles. The van der Waals surface area contributed by atoms with Gasteiger partial charge in [-0.3, -0.25) is 0 Å². The molecule has 6 nitrogen and oxygen atoms in total. The molecular weight excluding hydrogens is 368 g/mol. The van der Waals surface area contributed by atoms with Gasteiger partial charge in [0.1, 0.15) is 0 Å². The van der Waals surface area contributed by atoms with E-state index in [1.54, 1.807) is 0 Å². The summed E-state index contributed by atoms with van der Waals surface area (Å²) in [5.41, 5.74) is 3.53. The zero-order valence-corrected chi connectivity index (χ0v) is 16.6. The van der Waals surface area contributed by atoms with Gasteiger partial charge < -0.3 is 19.3 Å². The van der Waals surface area contributed by atoms with E-state index in [0.717, 1.165) is 48.6 Å². The highest BCUT2D eigenvalue weighted by molar-refractivity contribution is 5.94. The Hall–Kier alpha value is -3.12. The number of esters is 2. The molecule has 29 heavy (non-hydrogen) atoms. The lowest BCUT2D eigenvalue weighted by Gasteiger charge is -2.32. The first-order chi connectivity index (χ1) is 14.0. The van der Waals surface area contributed by atoms with E-state index < -0.39 is 17.7 Å². The number of benzene rings is 2. The maximum Gasteiger partial charge on any atom is 0.334 e. The van der Waals surface area contributed by atoms with Gasteiger partial charge >= 0.3 is 11.9 Å². The number of anilines is 2. The Morgan fingerprint density at radius 3 is 2.24 bits per heavy atom. The number of carbonyl (C=O) groups is 2. The second-order valence-electron chi connectivity index (χ2n) is 7.56. The largest absolute Gasteiger partial charge is 0.414 e. The second kappa shape index (κ2) is 7.72. The molecule has 0 amide bonds. The van der Waals surface area contributed by atoms with Crippen LogP contribution >= 0.6 is 0 Å². The quantitative estimate of drug-likeness (QED) is 0.745. The summed E-state index contributed by atoms with van der Waals surface area (Å²) in [6, 6.07) is 15.6. The van der Waals surface area contributed by atoms with Gasteiger partial charge in [-0.15, -0.1) is 0 Å². The maximum atomic E-state index is 12.3. The van der Waals surface area contributed by atoms with Crippen molar-refractivity contribution in [2.24, 2.45) is 0 Å². The van der Waals surface area contributed by atoms with Crippen LogP contribution in [0.15, 0.2) is 60.7 Å². The molecule has 0 unspecified atom stereocenters. The first kappa shape index (κ1) is 19.2. The van der Waals surface area contributed by atoms with Gasteiger partial charge in [0.2, 0.25) is 0 Å². The molecule has 6 heteroatoms. The average Bonchev–Trinajstić information content (AvgIpc) is 2.90. The predicted octanol–water partition coefficient (Wildman–Crippen LogP) is 3.14. The van der Waals surface area contributed by atoms with Crippen LogP contribution in [0.3, 0.4) is 0 Å². The topological polar surface area (TPSA) is 59.1 Å². The third-order valence-corrected chi connectivity index (χ3v) is 5.18. The van der Waals surface area contributed by atoms with E-state index >= 15 is 0 Å². The number of fused-ring (bicyclic) bond motifs is 3. The summed E-state index contributed by atoms with van der Waals surface area (Å²) in [6.07, 6.45) is 3.43. The van der Waals surface area contributed by atoms with Crippen LogP contribution in [0.4, 0.5) is 11.4 Å². The van der Waals surface area contributed by atoms with Gasteiger partial charge in [0.15, 0.2) is 0 Å². The smallest absolute Gasteiger partial charge is 0.334 e. The van der Waals surface area contributed by atoms with E-state index in [1.165, 1.54) is 0 Å². The summed E-state index contributed by atoms with van der Waals surface area (Å²) in [6.45, 7) is 1.72. The van der Waals surface area contributed by atoms with E-state index in [1.807, 2.05) is 42.5 Å². The molecule has 2 aromatic carbocycles. The number of carbonyl (C=O) groups excluding carboxylic acids is 2. The Bertz CT molecular complexity index is 947. The van der Waals surface area contributed by atoms with Crippen molar-refractivity contribution in [1.82, 2.24) is 4.90 Å². The van der Waals surface area contributed by atoms with Crippen LogP contribution in [0.5, 0.6) is 0 Å². The normalized spacial score (nSPS) is 17.3. The molecule has 150 valence electrons. The van der Waals surface area contributed by atoms with E-state index in [2.05, 4.69) is 30.0 Å². The lowest BCUT2D eigenvalue weighted by molar-refractivity contribution is -0.225. The Morgan fingerprint density at radius 2 is 1.55 bits per heavy atom. The molecule has 0 aliphatic carbocycles. The van der Waals surface area contributed by atoms with Gasteiger partial charge in [-0.2, -0.15) is 0 Å². The molecule has 1 spiro atoms. The summed E-state index contributed by atoms with van der Waals surface area (Å²) in [4.78, 5) is 29.0. The molecule has 0 atom stereocenters. The van der Waals surface area contributed by atoms with Gasteiger partial charge in [0, 0.05) is 24.4 Å². The van der Waals surface area contributed by atoms with Crippen molar-refractivity contribution in [3.05, 3.63) is 71.8 Å². The molecular formula is C23H24N2O4. The summed E-state index contributed by atoms with van der Waals surface area (Å²) >= 11 is 0. The van der Waals surface area contributed by atoms with Crippen LogP contribution in [0.2, 0.25) is 0 Å². The lowest BCUT2D eigenvalue weighted by atomic mass is 9.97. The third kappa shape index (κ3) is 3.76. The van der Waals surface area contributed by atoms with Gasteiger partial charge in [-0.05, 0) is 50.8 Å². The standard InChI is InChI=1S/C23H24N2O4/c1-24(2)14-7-15-25-19-10-5-3-8-17(19)16-23(18-9-4-6-11-20(18)25)28-21(26)12-13-22(27)29-23/h3-6,8-13H,7,14-16H2,1-2H3. The summed E-state index contributed by atoms with van der Waals surface area (Å²) in [5, 5.41) is 0. The number of rotatable bonds is 4. The first-order valence-electron chi connectivity index (χ1n) is 9.72. The fraction of sp³-hybridized carbons (Fsp3) is 0.304. The fourth-order valence-corrected chi connectivity index (χ4v) is 3.95. The monoisotopic (exact) mass is 392 g/mol. The molecule has 4 rings (SSSR count). The van der Waals surface area contributed by atoms with Crippen LogP contribution in [0.25, 0.3) is 0 Å². The van der Waals surface area contributed by atoms with Crippen molar-refractivity contribution < 1.29 is 19.1 Å². The van der Waals surface area contributed by atoms with Crippen molar-refractivity contribution in [2.45, 2.75) is 18.6 Å². The molecule has 0 saturated carbocycles. The van der Waals surface area contributed by atoms with Crippen molar-refractivity contribution in [3.63, 3.8) is 0 Å². The average molecular weight is 392 g/mol. The molecule has 2 aliphatic rings. The van der Waals surface area contributed by atoms with Gasteiger partial charge in [-0.25, -0.2) is 9.59 Å². The summed E-state index contributed by atoms with van der Waals surface area (Å²) < 4.78 is 11.5. The summed E-state index contributed by atoms with van der Waals surface area (Å²) in [7, 11) is 4.10. The summed E-state index contributed by atoms with van der Waals surface area (Å²) in [5.74, 6) is -2.69. The molecule has 0 bridgehead atoms. The fourth-order valence-electron chi connectivity index (χ4n) is 3.95. The minimum atomic E-state index is -1.50. The molecule has 0 aromatic heterocycles. The second-order valence-corrected chi connectivity index (χ2v) is 7.56. The highest BCUT2D eigenvalue weighted by atomic mass is 16.7. The van der Waals surface area contributed by atoms with Crippen molar-refractivity contribution in [1.29, 1.82) is 0 Å². The number of para-hydroxylation sites is 2. The predicted molar refractivity (Wildman–Crippen MR) is 110 cm³/mol. The number of hydrogen-bond acceptors (Lipinski definition) is 6. The third-order valence-electron chi connectivity index (χ3n) is 5.18. The molecule has 2 aromatic rings.